The van der Waals surface area contributed by atoms with E-state index in [1.807, 2.05) is 54.6 Å². The molecule has 2 heterocycles. The first-order valence-corrected chi connectivity index (χ1v) is 13.9. The van der Waals surface area contributed by atoms with Crippen LogP contribution in [0.3, 0.4) is 0 Å². The molecule has 0 aliphatic carbocycles. The zero-order valence-electron chi connectivity index (χ0n) is 22.8. The van der Waals surface area contributed by atoms with Gasteiger partial charge in [0.25, 0.3) is 5.56 Å². The lowest BCUT2D eigenvalue weighted by Crippen LogP contribution is -2.39. The predicted molar refractivity (Wildman–Crippen MR) is 155 cm³/mol. The van der Waals surface area contributed by atoms with Gasteiger partial charge < -0.3 is 14.2 Å². The van der Waals surface area contributed by atoms with E-state index in [0.717, 1.165) is 16.9 Å². The van der Waals surface area contributed by atoms with Crippen molar-refractivity contribution in [1.29, 1.82) is 0 Å². The number of fused-ring (bicyclic) bond motifs is 1. The van der Waals surface area contributed by atoms with Crippen LogP contribution in [0.4, 0.5) is 0 Å². The summed E-state index contributed by atoms with van der Waals surface area (Å²) in [5.74, 6) is -0.303. The molecular formula is C32H28N2O6S. The van der Waals surface area contributed by atoms with Crippen molar-refractivity contribution in [3.05, 3.63) is 132 Å². The normalized spacial score (nSPS) is 14.7. The van der Waals surface area contributed by atoms with Crippen LogP contribution in [-0.2, 0) is 20.9 Å². The van der Waals surface area contributed by atoms with E-state index in [2.05, 4.69) is 4.99 Å². The number of esters is 2. The zero-order chi connectivity index (χ0) is 28.9. The SMILES string of the molecule is CCOC(=O)C1=C(C)N=c2sc(=Cc3ccc(OCc4ccccc4)cc3)c(=O)n2C1c1ccc(C(=O)OC)cc1. The standard InChI is InChI=1S/C32H28N2O6S/c1-4-39-31(37)27-20(2)33-32-34(28(27)23-12-14-24(15-13-23)30(36)38-3)29(35)26(41-32)18-21-10-16-25(17-11-21)40-19-22-8-6-5-7-9-22/h5-18,28H,4,19H2,1-3H3. The summed E-state index contributed by atoms with van der Waals surface area (Å²) in [6.07, 6.45) is 1.80. The molecule has 3 aromatic carbocycles. The Balaban J connectivity index is 1.51. The second-order valence-corrected chi connectivity index (χ2v) is 10.3. The molecule has 1 aromatic heterocycles. The zero-order valence-corrected chi connectivity index (χ0v) is 23.6. The van der Waals surface area contributed by atoms with Crippen LogP contribution >= 0.6 is 11.3 Å². The van der Waals surface area contributed by atoms with E-state index in [9.17, 15) is 14.4 Å². The second-order valence-electron chi connectivity index (χ2n) is 9.26. The summed E-state index contributed by atoms with van der Waals surface area (Å²) in [6.45, 7) is 4.09. The number of ether oxygens (including phenoxy) is 3. The van der Waals surface area contributed by atoms with Gasteiger partial charge >= 0.3 is 11.9 Å². The largest absolute Gasteiger partial charge is 0.489 e. The van der Waals surface area contributed by atoms with E-state index >= 15 is 0 Å². The number of benzene rings is 3. The summed E-state index contributed by atoms with van der Waals surface area (Å²) in [4.78, 5) is 43.9. The number of hydrogen-bond donors (Lipinski definition) is 0. The van der Waals surface area contributed by atoms with Gasteiger partial charge in [-0.05, 0) is 60.9 Å². The summed E-state index contributed by atoms with van der Waals surface area (Å²) < 4.78 is 18.0. The lowest BCUT2D eigenvalue weighted by atomic mass is 9.95. The van der Waals surface area contributed by atoms with Crippen molar-refractivity contribution in [2.24, 2.45) is 4.99 Å². The van der Waals surface area contributed by atoms with Gasteiger partial charge in [-0.3, -0.25) is 9.36 Å². The van der Waals surface area contributed by atoms with E-state index in [1.165, 1.54) is 23.0 Å². The smallest absolute Gasteiger partial charge is 0.338 e. The summed E-state index contributed by atoms with van der Waals surface area (Å²) >= 11 is 1.25. The maximum atomic E-state index is 13.8. The second kappa shape index (κ2) is 12.2. The summed E-state index contributed by atoms with van der Waals surface area (Å²) in [7, 11) is 1.31. The molecule has 0 amide bonds. The number of nitrogens with zero attached hydrogens (tertiary/aromatic N) is 2. The van der Waals surface area contributed by atoms with E-state index in [4.69, 9.17) is 14.2 Å². The van der Waals surface area contributed by atoms with Crippen molar-refractivity contribution in [3.63, 3.8) is 0 Å². The summed E-state index contributed by atoms with van der Waals surface area (Å²) in [5.41, 5.74) is 3.36. The first-order valence-electron chi connectivity index (χ1n) is 13.0. The molecule has 0 bridgehead atoms. The number of carbonyl (C=O) groups is 2. The van der Waals surface area contributed by atoms with Gasteiger partial charge in [-0.1, -0.05) is 65.9 Å². The third-order valence-electron chi connectivity index (χ3n) is 6.59. The Kier molecular flexibility index (Phi) is 8.26. The Labute approximate surface area is 240 Å². The van der Waals surface area contributed by atoms with Crippen LogP contribution in [-0.4, -0.2) is 30.2 Å². The molecule has 0 radical (unpaired) electrons. The van der Waals surface area contributed by atoms with Crippen molar-refractivity contribution >= 4 is 29.4 Å². The highest BCUT2D eigenvalue weighted by atomic mass is 32.1. The van der Waals surface area contributed by atoms with Gasteiger partial charge in [-0.25, -0.2) is 14.6 Å². The highest BCUT2D eigenvalue weighted by Gasteiger charge is 2.33. The number of allylic oxidation sites excluding steroid dienone is 1. The minimum absolute atomic E-state index is 0.180. The van der Waals surface area contributed by atoms with Crippen LogP contribution in [0, 0.1) is 0 Å². The minimum Gasteiger partial charge on any atom is -0.489 e. The van der Waals surface area contributed by atoms with Gasteiger partial charge in [0.1, 0.15) is 12.4 Å². The Hall–Kier alpha value is -4.76. The Morgan fingerprint density at radius 2 is 1.68 bits per heavy atom. The lowest BCUT2D eigenvalue weighted by Gasteiger charge is -2.24. The van der Waals surface area contributed by atoms with Gasteiger partial charge in [0, 0.05) is 0 Å². The van der Waals surface area contributed by atoms with E-state index in [-0.39, 0.29) is 17.7 Å². The van der Waals surface area contributed by atoms with Gasteiger partial charge in [0.2, 0.25) is 0 Å². The number of thiazole rings is 1. The van der Waals surface area contributed by atoms with Crippen molar-refractivity contribution in [2.75, 3.05) is 13.7 Å². The van der Waals surface area contributed by atoms with Crippen LogP contribution in [0.1, 0.15) is 46.9 Å². The third kappa shape index (κ3) is 5.90. The molecule has 41 heavy (non-hydrogen) atoms. The molecule has 208 valence electrons. The fourth-order valence-electron chi connectivity index (χ4n) is 4.58. The van der Waals surface area contributed by atoms with Crippen molar-refractivity contribution in [2.45, 2.75) is 26.5 Å². The molecule has 8 nitrogen and oxygen atoms in total. The monoisotopic (exact) mass is 568 g/mol. The summed E-state index contributed by atoms with van der Waals surface area (Å²) in [6, 6.07) is 23.3. The Morgan fingerprint density at radius 3 is 2.34 bits per heavy atom. The molecule has 9 heteroatoms. The minimum atomic E-state index is -0.770. The lowest BCUT2D eigenvalue weighted by molar-refractivity contribution is -0.139. The maximum Gasteiger partial charge on any atom is 0.338 e. The number of rotatable bonds is 8. The van der Waals surface area contributed by atoms with Crippen molar-refractivity contribution < 1.29 is 23.8 Å². The van der Waals surface area contributed by atoms with Crippen LogP contribution in [0.15, 0.2) is 99.9 Å². The van der Waals surface area contributed by atoms with Crippen molar-refractivity contribution in [1.82, 2.24) is 4.57 Å². The number of hydrogen-bond acceptors (Lipinski definition) is 8. The summed E-state index contributed by atoms with van der Waals surface area (Å²) in [5, 5.41) is 0. The van der Waals surface area contributed by atoms with Crippen LogP contribution < -0.4 is 19.6 Å². The molecular weight excluding hydrogens is 540 g/mol. The quantitative estimate of drug-likeness (QED) is 0.296. The fraction of sp³-hybridized carbons (Fsp3) is 0.188. The number of methoxy groups -OCH3 is 1. The van der Waals surface area contributed by atoms with E-state index in [1.54, 1.807) is 44.2 Å². The average Bonchev–Trinajstić information content (AvgIpc) is 3.30. The van der Waals surface area contributed by atoms with E-state index in [0.29, 0.717) is 32.8 Å². The molecule has 1 atom stereocenters. The fourth-order valence-corrected chi connectivity index (χ4v) is 5.63. The third-order valence-corrected chi connectivity index (χ3v) is 7.57. The first-order chi connectivity index (χ1) is 19.9. The highest BCUT2D eigenvalue weighted by Crippen LogP contribution is 2.31. The topological polar surface area (TPSA) is 96.2 Å². The maximum absolute atomic E-state index is 13.8. The first kappa shape index (κ1) is 27.8. The molecule has 1 aliphatic rings. The Bertz CT molecular complexity index is 1790. The van der Waals surface area contributed by atoms with Gasteiger partial charge in [-0.2, -0.15) is 0 Å². The molecule has 0 saturated heterocycles. The van der Waals surface area contributed by atoms with Gasteiger partial charge in [0.15, 0.2) is 4.80 Å². The van der Waals surface area contributed by atoms with Crippen LogP contribution in [0.2, 0.25) is 0 Å². The molecule has 0 N–H and O–H groups in total. The molecule has 0 fully saturated rings. The van der Waals surface area contributed by atoms with Gasteiger partial charge in [-0.15, -0.1) is 0 Å². The van der Waals surface area contributed by atoms with Crippen LogP contribution in [0.25, 0.3) is 6.08 Å². The predicted octanol–water partition coefficient (Wildman–Crippen LogP) is 4.16. The average molecular weight is 569 g/mol. The molecule has 1 unspecified atom stereocenters. The molecule has 1 aliphatic heterocycles. The van der Waals surface area contributed by atoms with E-state index < -0.39 is 18.0 Å². The molecule has 0 saturated carbocycles. The molecule has 4 aromatic rings. The van der Waals surface area contributed by atoms with Gasteiger partial charge in [0.05, 0.1) is 41.1 Å². The Morgan fingerprint density at radius 1 is 0.976 bits per heavy atom. The number of aromatic nitrogens is 1. The highest BCUT2D eigenvalue weighted by molar-refractivity contribution is 7.07. The van der Waals surface area contributed by atoms with Crippen LogP contribution in [0.5, 0.6) is 5.75 Å². The number of carbonyl (C=O) groups excluding carboxylic acids is 2. The van der Waals surface area contributed by atoms with Crippen molar-refractivity contribution in [3.8, 4) is 5.75 Å². The molecule has 5 rings (SSSR count). The molecule has 0 spiro atoms.